The molecule has 0 fully saturated rings. The van der Waals surface area contributed by atoms with E-state index < -0.39 is 0 Å². The Balaban J connectivity index is 1.12. The molecule has 15 rings (SSSR count). The van der Waals surface area contributed by atoms with Crippen LogP contribution in [0.2, 0.25) is 0 Å². The van der Waals surface area contributed by atoms with Crippen LogP contribution in [0.4, 0.5) is 28.4 Å². The van der Waals surface area contributed by atoms with Gasteiger partial charge in [-0.2, -0.15) is 0 Å². The molecule has 2 aliphatic carbocycles. The predicted molar refractivity (Wildman–Crippen MR) is 317 cm³/mol. The van der Waals surface area contributed by atoms with Gasteiger partial charge >= 0.3 is 6.85 Å². The summed E-state index contributed by atoms with van der Waals surface area (Å²) in [4.78, 5) is 5.39. The van der Waals surface area contributed by atoms with Crippen molar-refractivity contribution < 1.29 is 9.47 Å². The Hall–Kier alpha value is -7.54. The lowest BCUT2D eigenvalue weighted by molar-refractivity contribution is 0.332. The maximum atomic E-state index is 6.98. The van der Waals surface area contributed by atoms with Gasteiger partial charge in [-0.05, 0) is 164 Å². The molecule has 0 N–H and O–H groups in total. The summed E-state index contributed by atoms with van der Waals surface area (Å²) >= 11 is 1.90. The van der Waals surface area contributed by atoms with E-state index in [1.807, 2.05) is 35.6 Å². The highest BCUT2D eigenvalue weighted by Gasteiger charge is 2.52. The molecule has 75 heavy (non-hydrogen) atoms. The Morgan fingerprint density at radius 1 is 0.520 bits per heavy atom. The van der Waals surface area contributed by atoms with Crippen LogP contribution in [0.1, 0.15) is 102 Å². The second-order valence-electron chi connectivity index (χ2n) is 23.7. The van der Waals surface area contributed by atoms with Gasteiger partial charge in [-0.1, -0.05) is 152 Å². The predicted octanol–water partition coefficient (Wildman–Crippen LogP) is 18.3. The minimum Gasteiger partial charge on any atom is -0.450 e. The Morgan fingerprint density at radius 3 is 2.04 bits per heavy atom. The molecule has 0 saturated heterocycles. The van der Waals surface area contributed by atoms with Crippen LogP contribution in [0.3, 0.4) is 0 Å². The van der Waals surface area contributed by atoms with Gasteiger partial charge in [0, 0.05) is 71.2 Å². The maximum absolute atomic E-state index is 6.98. The summed E-state index contributed by atoms with van der Waals surface area (Å²) in [5, 5.41) is 2.60. The zero-order valence-electron chi connectivity index (χ0n) is 43.9. The SMILES string of the molecule is CCCCc1ccc(N2B3c4cc5c(cc4N(c4ccc6c(c4)C(C)(C)CCC6(C)C)c4c3c(cc3c4C(C)(C)c4ccccc4-3)-c3cc4c(cc32)sc2ccccc24)Oc2ccccc2O5)c(-c2ccccc2)c1. The summed E-state index contributed by atoms with van der Waals surface area (Å²) in [7, 11) is 0. The first-order valence-electron chi connectivity index (χ1n) is 27.2. The van der Waals surface area contributed by atoms with E-state index in [1.54, 1.807) is 0 Å². The number of anilines is 5. The number of aryl methyl sites for hydroxylation is 1. The molecule has 0 atom stereocenters. The second-order valence-corrected chi connectivity index (χ2v) is 24.8. The smallest absolute Gasteiger partial charge is 0.333 e. The summed E-state index contributed by atoms with van der Waals surface area (Å²) in [5.41, 5.74) is 22.7. The molecular weight excluding hydrogens is 932 g/mol. The number of ether oxygens (including phenoxy) is 2. The second kappa shape index (κ2) is 16.0. The molecule has 0 unspecified atom stereocenters. The van der Waals surface area contributed by atoms with Crippen molar-refractivity contribution in [3.8, 4) is 56.4 Å². The number of hydrogen-bond donors (Lipinski definition) is 0. The Morgan fingerprint density at radius 2 is 1.24 bits per heavy atom. The van der Waals surface area contributed by atoms with Crippen LogP contribution in [-0.4, -0.2) is 6.85 Å². The molecule has 0 saturated carbocycles. The summed E-state index contributed by atoms with van der Waals surface area (Å²) in [5.74, 6) is 2.89. The van der Waals surface area contributed by atoms with Gasteiger partial charge in [-0.3, -0.25) is 0 Å². The molecule has 0 radical (unpaired) electrons. The molecule has 4 heterocycles. The third-order valence-electron chi connectivity index (χ3n) is 17.9. The molecule has 3 aliphatic heterocycles. The van der Waals surface area contributed by atoms with E-state index in [-0.39, 0.29) is 23.1 Å². The average molecular weight is 991 g/mol. The molecule has 6 heteroatoms. The van der Waals surface area contributed by atoms with Crippen LogP contribution < -0.4 is 30.1 Å². The van der Waals surface area contributed by atoms with E-state index in [1.165, 1.54) is 115 Å². The summed E-state index contributed by atoms with van der Waals surface area (Å²) in [6, 6.07) is 64.4. The van der Waals surface area contributed by atoms with Crippen LogP contribution in [0.5, 0.6) is 23.0 Å². The van der Waals surface area contributed by atoms with Crippen LogP contribution in [0, 0.1) is 0 Å². The Bertz CT molecular complexity index is 4070. The lowest BCUT2D eigenvalue weighted by Crippen LogP contribution is -2.62. The number of benzene rings is 9. The topological polar surface area (TPSA) is 24.9 Å². The molecule has 9 aromatic carbocycles. The van der Waals surface area contributed by atoms with Crippen LogP contribution in [-0.2, 0) is 22.7 Å². The largest absolute Gasteiger partial charge is 0.450 e. The van der Waals surface area contributed by atoms with E-state index in [9.17, 15) is 0 Å². The maximum Gasteiger partial charge on any atom is 0.333 e. The van der Waals surface area contributed by atoms with Crippen molar-refractivity contribution in [3.05, 3.63) is 198 Å². The van der Waals surface area contributed by atoms with E-state index in [2.05, 4.69) is 204 Å². The normalized spacial score (nSPS) is 16.4. The lowest BCUT2D eigenvalue weighted by atomic mass is 9.42. The third kappa shape index (κ3) is 6.48. The fourth-order valence-corrected chi connectivity index (χ4v) is 15.1. The zero-order chi connectivity index (χ0) is 50.7. The first-order valence-corrected chi connectivity index (χ1v) is 28.0. The fourth-order valence-electron chi connectivity index (χ4n) is 13.9. The Labute approximate surface area is 445 Å². The Kier molecular flexibility index (Phi) is 9.57. The molecule has 366 valence electrons. The highest BCUT2D eigenvalue weighted by atomic mass is 32.1. The monoisotopic (exact) mass is 990 g/mol. The van der Waals surface area contributed by atoms with Gasteiger partial charge in [0.25, 0.3) is 0 Å². The van der Waals surface area contributed by atoms with Crippen molar-refractivity contribution in [2.75, 3.05) is 9.71 Å². The molecule has 5 aliphatic rings. The van der Waals surface area contributed by atoms with Crippen LogP contribution in [0.15, 0.2) is 170 Å². The first kappa shape index (κ1) is 44.9. The molecule has 0 amide bonds. The lowest BCUT2D eigenvalue weighted by Gasteiger charge is -2.48. The van der Waals surface area contributed by atoms with Gasteiger partial charge in [0.1, 0.15) is 0 Å². The minimum atomic E-state index is -0.340. The molecule has 4 nitrogen and oxygen atoms in total. The third-order valence-corrected chi connectivity index (χ3v) is 19.0. The summed E-state index contributed by atoms with van der Waals surface area (Å²) < 4.78 is 16.5. The van der Waals surface area contributed by atoms with Gasteiger partial charge in [-0.25, -0.2) is 0 Å². The van der Waals surface area contributed by atoms with Crippen molar-refractivity contribution in [2.24, 2.45) is 0 Å². The minimum absolute atomic E-state index is 0.00630. The summed E-state index contributed by atoms with van der Waals surface area (Å²) in [6.07, 6.45) is 5.61. The number of thiophene rings is 1. The number of fused-ring (bicyclic) bond motifs is 14. The number of unbranched alkanes of at least 4 members (excludes halogenated alkanes) is 1. The van der Waals surface area contributed by atoms with E-state index >= 15 is 0 Å². The number of rotatable bonds is 6. The molecule has 1 aromatic heterocycles. The van der Waals surface area contributed by atoms with Crippen molar-refractivity contribution in [3.63, 3.8) is 0 Å². The number of hydrogen-bond acceptors (Lipinski definition) is 5. The molecular formula is C69H59BN2O2S. The van der Waals surface area contributed by atoms with Crippen molar-refractivity contribution in [1.82, 2.24) is 0 Å². The van der Waals surface area contributed by atoms with Crippen molar-refractivity contribution >= 4 is 77.7 Å². The van der Waals surface area contributed by atoms with E-state index in [0.717, 1.165) is 60.8 Å². The van der Waals surface area contributed by atoms with Crippen LogP contribution >= 0.6 is 11.3 Å². The van der Waals surface area contributed by atoms with Crippen LogP contribution in [0.25, 0.3) is 53.6 Å². The highest BCUT2D eigenvalue weighted by Crippen LogP contribution is 2.60. The summed E-state index contributed by atoms with van der Waals surface area (Å²) in [6.45, 7) is 16.7. The van der Waals surface area contributed by atoms with E-state index in [4.69, 9.17) is 9.47 Å². The zero-order valence-corrected chi connectivity index (χ0v) is 44.7. The van der Waals surface area contributed by atoms with Crippen molar-refractivity contribution in [2.45, 2.75) is 96.8 Å². The van der Waals surface area contributed by atoms with Gasteiger partial charge in [0.15, 0.2) is 23.0 Å². The van der Waals surface area contributed by atoms with E-state index in [0.29, 0.717) is 0 Å². The quantitative estimate of drug-likeness (QED) is 0.155. The van der Waals surface area contributed by atoms with Crippen molar-refractivity contribution in [1.29, 1.82) is 0 Å². The van der Waals surface area contributed by atoms with Gasteiger partial charge in [0.05, 0.1) is 0 Å². The average Bonchev–Trinajstić information content (AvgIpc) is 4.10. The molecule has 0 spiro atoms. The van der Waals surface area contributed by atoms with Gasteiger partial charge in [0.2, 0.25) is 0 Å². The van der Waals surface area contributed by atoms with Gasteiger partial charge < -0.3 is 19.2 Å². The molecule has 10 aromatic rings. The molecule has 0 bridgehead atoms. The number of nitrogens with zero attached hydrogens (tertiary/aromatic N) is 2. The first-order chi connectivity index (χ1) is 36.4. The highest BCUT2D eigenvalue weighted by molar-refractivity contribution is 7.25. The number of para-hydroxylation sites is 2. The fraction of sp³-hybridized carbons (Fsp3) is 0.217. The standard InChI is InChI=1S/C69H59BN2O2S/c1-8-9-19-41-28-31-55(46(34-41)42-20-11-10-12-21-42)72-56-40-63-48(45-23-14-18-27-62(45)75-63)36-47(56)50-37-49-44-22-13-15-24-51(44)69(6,7)64(49)66-65(50)70(72)54-38-60-61(74-59-26-17-16-25-58(59)73-60)39-57(54)71(66)43-29-30-52-53(35-43)68(4,5)33-32-67(52,2)3/h10-18,20-31,34-40H,8-9,19,32-33H2,1-7H3. The van der Waals surface area contributed by atoms with Gasteiger partial charge in [-0.15, -0.1) is 11.3 Å².